The van der Waals surface area contributed by atoms with Gasteiger partial charge in [0.25, 0.3) is 0 Å². The number of carbonyl (C=O) groups excluding carboxylic acids is 1. The highest BCUT2D eigenvalue weighted by molar-refractivity contribution is 5.65. The zero-order valence-electron chi connectivity index (χ0n) is 10.4. The van der Waals surface area contributed by atoms with E-state index in [2.05, 4.69) is 6.92 Å². The Morgan fingerprint density at radius 2 is 2.00 bits per heavy atom. The van der Waals surface area contributed by atoms with Crippen molar-refractivity contribution in [3.8, 4) is 0 Å². The fourth-order valence-corrected chi connectivity index (χ4v) is 1.17. The van der Waals surface area contributed by atoms with Crippen LogP contribution in [0.4, 0.5) is 0 Å². The van der Waals surface area contributed by atoms with E-state index in [1.807, 2.05) is 0 Å². The maximum atomic E-state index is 10.4. The van der Waals surface area contributed by atoms with E-state index in [0.717, 1.165) is 13.0 Å². The molecule has 0 aliphatic carbocycles. The summed E-state index contributed by atoms with van der Waals surface area (Å²) in [6, 6.07) is 0. The third kappa shape index (κ3) is 9.89. The van der Waals surface area contributed by atoms with Gasteiger partial charge < -0.3 is 19.7 Å². The van der Waals surface area contributed by atoms with Crippen molar-refractivity contribution in [1.82, 2.24) is 0 Å². The molecule has 5 heteroatoms. The van der Waals surface area contributed by atoms with Gasteiger partial charge in [0, 0.05) is 13.5 Å². The highest BCUT2D eigenvalue weighted by Gasteiger charge is 2.24. The number of rotatable bonds is 2. The van der Waals surface area contributed by atoms with Crippen LogP contribution < -0.4 is 0 Å². The minimum absolute atomic E-state index is 0.124. The zero-order chi connectivity index (χ0) is 12.8. The maximum absolute atomic E-state index is 10.4. The van der Waals surface area contributed by atoms with Gasteiger partial charge in [-0.05, 0) is 26.2 Å². The number of esters is 1. The first kappa shape index (κ1) is 15.3. The Labute approximate surface area is 96.4 Å². The molecule has 96 valence electrons. The van der Waals surface area contributed by atoms with Crippen molar-refractivity contribution >= 4 is 5.97 Å². The summed E-state index contributed by atoms with van der Waals surface area (Å²) >= 11 is 0. The first-order valence-corrected chi connectivity index (χ1v) is 5.40. The van der Waals surface area contributed by atoms with Crippen molar-refractivity contribution in [3.05, 3.63) is 0 Å². The average molecular weight is 234 g/mol. The fraction of sp³-hybridized carbons (Fsp3) is 0.909. The van der Waals surface area contributed by atoms with E-state index in [-0.39, 0.29) is 12.1 Å². The van der Waals surface area contributed by atoms with E-state index in [1.165, 1.54) is 20.8 Å². The van der Waals surface area contributed by atoms with Gasteiger partial charge >= 0.3 is 5.97 Å². The monoisotopic (exact) mass is 234 g/mol. The number of ether oxygens (including phenoxy) is 2. The van der Waals surface area contributed by atoms with Gasteiger partial charge in [0.1, 0.15) is 6.61 Å². The van der Waals surface area contributed by atoms with E-state index < -0.39 is 5.79 Å². The molecule has 1 aliphatic rings. The van der Waals surface area contributed by atoms with Crippen LogP contribution in [-0.2, 0) is 14.3 Å². The van der Waals surface area contributed by atoms with Gasteiger partial charge in [-0.15, -0.1) is 0 Å². The SMILES string of the molecule is CC(=O)OC[C@H]1OCCC1C.CC(C)(O)O. The second-order valence-electron chi connectivity index (χ2n) is 4.47. The zero-order valence-corrected chi connectivity index (χ0v) is 10.4. The molecule has 0 aromatic carbocycles. The minimum atomic E-state index is -1.50. The van der Waals surface area contributed by atoms with Gasteiger partial charge in [-0.1, -0.05) is 6.92 Å². The summed E-state index contributed by atoms with van der Waals surface area (Å²) in [5.41, 5.74) is 0. The predicted octanol–water partition coefficient (Wildman–Crippen LogP) is 0.682. The normalized spacial score (nSPS) is 24.6. The second kappa shape index (κ2) is 6.83. The van der Waals surface area contributed by atoms with E-state index >= 15 is 0 Å². The van der Waals surface area contributed by atoms with Crippen molar-refractivity contribution in [2.24, 2.45) is 5.92 Å². The summed E-state index contributed by atoms with van der Waals surface area (Å²) in [5.74, 6) is -1.21. The van der Waals surface area contributed by atoms with E-state index in [1.54, 1.807) is 0 Å². The average Bonchev–Trinajstić information content (AvgIpc) is 2.44. The van der Waals surface area contributed by atoms with Gasteiger partial charge in [0.2, 0.25) is 0 Å². The summed E-state index contributed by atoms with van der Waals surface area (Å²) in [6.07, 6.45) is 1.20. The van der Waals surface area contributed by atoms with Gasteiger partial charge in [-0.25, -0.2) is 0 Å². The lowest BCUT2D eigenvalue weighted by molar-refractivity contribution is -0.144. The molecule has 16 heavy (non-hydrogen) atoms. The van der Waals surface area contributed by atoms with E-state index in [9.17, 15) is 4.79 Å². The molecule has 0 radical (unpaired) electrons. The molecule has 0 saturated carbocycles. The lowest BCUT2D eigenvalue weighted by Gasteiger charge is -2.13. The third-order valence-corrected chi connectivity index (χ3v) is 1.99. The first-order valence-electron chi connectivity index (χ1n) is 5.40. The molecular formula is C11H22O5. The van der Waals surface area contributed by atoms with Crippen molar-refractivity contribution in [1.29, 1.82) is 0 Å². The first-order chi connectivity index (χ1) is 7.20. The Morgan fingerprint density at radius 1 is 1.50 bits per heavy atom. The maximum Gasteiger partial charge on any atom is 0.302 e. The summed E-state index contributed by atoms with van der Waals surface area (Å²) in [7, 11) is 0. The van der Waals surface area contributed by atoms with E-state index in [4.69, 9.17) is 19.7 Å². The molecule has 1 heterocycles. The molecule has 0 aromatic rings. The molecule has 1 rings (SSSR count). The standard InChI is InChI=1S/C8H14O3.C3H8O2/c1-6-3-4-10-8(6)5-11-7(2)9;1-3(2,4)5/h6,8H,3-5H2,1-2H3;4-5H,1-2H3/t6?,8-;/m1./s1. The lowest BCUT2D eigenvalue weighted by Crippen LogP contribution is -2.21. The van der Waals surface area contributed by atoms with Gasteiger partial charge in [-0.2, -0.15) is 0 Å². The molecular weight excluding hydrogens is 212 g/mol. The molecule has 1 saturated heterocycles. The van der Waals surface area contributed by atoms with Crippen molar-refractivity contribution in [2.45, 2.75) is 46.0 Å². The number of hydrogen-bond acceptors (Lipinski definition) is 5. The van der Waals surface area contributed by atoms with E-state index in [0.29, 0.717) is 12.5 Å². The van der Waals surface area contributed by atoms with Crippen LogP contribution in [0.3, 0.4) is 0 Å². The fourth-order valence-electron chi connectivity index (χ4n) is 1.17. The summed E-state index contributed by atoms with van der Waals surface area (Å²) in [5, 5.41) is 16.2. The molecule has 1 unspecified atom stereocenters. The molecule has 0 bridgehead atoms. The Morgan fingerprint density at radius 3 is 2.31 bits per heavy atom. The smallest absolute Gasteiger partial charge is 0.302 e. The van der Waals surface area contributed by atoms with Gasteiger partial charge in [-0.3, -0.25) is 4.79 Å². The van der Waals surface area contributed by atoms with Crippen LogP contribution in [0.15, 0.2) is 0 Å². The van der Waals surface area contributed by atoms with Crippen molar-refractivity contribution < 1.29 is 24.5 Å². The molecule has 1 aliphatic heterocycles. The van der Waals surface area contributed by atoms with Gasteiger partial charge in [0.15, 0.2) is 5.79 Å². The highest BCUT2D eigenvalue weighted by atomic mass is 16.6. The number of carbonyl (C=O) groups is 1. The molecule has 2 atom stereocenters. The Hall–Kier alpha value is -0.650. The second-order valence-corrected chi connectivity index (χ2v) is 4.47. The van der Waals surface area contributed by atoms with Crippen LogP contribution in [0.5, 0.6) is 0 Å². The number of hydrogen-bond donors (Lipinski definition) is 2. The Kier molecular flexibility index (Phi) is 6.55. The van der Waals surface area contributed by atoms with Crippen LogP contribution in [0.25, 0.3) is 0 Å². The molecule has 2 N–H and O–H groups in total. The minimum Gasteiger partial charge on any atom is -0.463 e. The largest absolute Gasteiger partial charge is 0.463 e. The van der Waals surface area contributed by atoms with Crippen LogP contribution in [0.2, 0.25) is 0 Å². The molecule has 0 spiro atoms. The number of aliphatic hydroxyl groups is 2. The summed E-state index contributed by atoms with van der Waals surface area (Å²) in [4.78, 5) is 10.4. The molecule has 0 amide bonds. The van der Waals surface area contributed by atoms with Crippen LogP contribution in [0, 0.1) is 5.92 Å². The Balaban J connectivity index is 0.000000385. The molecule has 0 aromatic heterocycles. The molecule has 5 nitrogen and oxygen atoms in total. The van der Waals surface area contributed by atoms with Crippen LogP contribution in [-0.4, -0.2) is 41.3 Å². The van der Waals surface area contributed by atoms with Gasteiger partial charge in [0.05, 0.1) is 6.10 Å². The van der Waals surface area contributed by atoms with Crippen LogP contribution >= 0.6 is 0 Å². The quantitative estimate of drug-likeness (QED) is 0.543. The third-order valence-electron chi connectivity index (χ3n) is 1.99. The van der Waals surface area contributed by atoms with Crippen LogP contribution in [0.1, 0.15) is 34.1 Å². The Bertz CT molecular complexity index is 203. The van der Waals surface area contributed by atoms with Crippen molar-refractivity contribution in [2.75, 3.05) is 13.2 Å². The lowest BCUT2D eigenvalue weighted by atomic mass is 10.1. The topological polar surface area (TPSA) is 76.0 Å². The highest BCUT2D eigenvalue weighted by Crippen LogP contribution is 2.19. The molecule has 1 fully saturated rings. The summed E-state index contributed by atoms with van der Waals surface area (Å²) in [6.45, 7) is 7.34. The summed E-state index contributed by atoms with van der Waals surface area (Å²) < 4.78 is 10.2. The predicted molar refractivity (Wildman–Crippen MR) is 58.7 cm³/mol. The van der Waals surface area contributed by atoms with Crippen molar-refractivity contribution in [3.63, 3.8) is 0 Å².